The smallest absolute Gasteiger partial charge is 0.406 e. The normalized spacial score (nSPS) is 14.6. The molecule has 422 valence electrons. The van der Waals surface area contributed by atoms with E-state index < -0.39 is 29.8 Å². The highest BCUT2D eigenvalue weighted by molar-refractivity contribution is 5.63. The summed E-state index contributed by atoms with van der Waals surface area (Å²) in [5, 5.41) is 3.48. The van der Waals surface area contributed by atoms with Crippen LogP contribution < -0.4 is 44.5 Å². The van der Waals surface area contributed by atoms with Crippen LogP contribution in [0.15, 0.2) is 176 Å². The molecule has 9 nitrogen and oxygen atoms in total. The van der Waals surface area contributed by atoms with Gasteiger partial charge in [-0.3, -0.25) is 4.98 Å². The van der Waals surface area contributed by atoms with E-state index in [0.29, 0.717) is 44.9 Å². The summed E-state index contributed by atoms with van der Waals surface area (Å²) >= 11 is 0. The molecule has 1 saturated heterocycles. The van der Waals surface area contributed by atoms with E-state index in [9.17, 15) is 43.9 Å². The first kappa shape index (κ1) is 65.6. The van der Waals surface area contributed by atoms with E-state index in [4.69, 9.17) is 34.4 Å². The SMILES string of the molecule is C1CCC2CNCCC2C1.NCc1cc(C(F)(F)F)cc(C(F)(F)F)c1.NCc1ccc(-c2ccccc2)cc1.NCc1ccc(OC(F)(F)F)cc1.NCc1cccc(F)c1.NCc1ccccc1.NCc1ccncc1. The summed E-state index contributed by atoms with van der Waals surface area (Å²) in [5.74, 6) is 1.68. The van der Waals surface area contributed by atoms with Gasteiger partial charge >= 0.3 is 18.7 Å². The van der Waals surface area contributed by atoms with Gasteiger partial charge < -0.3 is 44.5 Å². The standard InChI is InChI=1S/C13H13N.C9H7F6N.C9H17N.C8H8F3NO.C7H8FN.C7H9N.C6H8N2/c14-10-11-6-8-13(9-7-11)12-4-2-1-3-5-12;10-8(11,12)6-1-5(4-16)2-7(3-6)9(13,14)15;1-2-4-9-7-10-6-5-8(9)3-1;9-8(10,11)13-7-3-1-6(5-12)2-4-7;8-7-3-1-2-6(4-7)5-9;8-6-7-4-2-1-3-5-7;7-5-6-1-3-8-4-2-6/h1-9H,10,14H2;1-3H,4,16H2;8-10H,1-7H2;1-4H,5,12H2;1-4H,5,9H2;1-5H,6,8H2;1-4H,5,7H2. The van der Waals surface area contributed by atoms with Crippen LogP contribution in [0.25, 0.3) is 11.1 Å². The summed E-state index contributed by atoms with van der Waals surface area (Å²) in [7, 11) is 0. The van der Waals surface area contributed by atoms with Gasteiger partial charge in [0.05, 0.1) is 11.1 Å². The van der Waals surface area contributed by atoms with Gasteiger partial charge in [-0.05, 0) is 137 Å². The number of ether oxygens (including phenoxy) is 1. The maximum Gasteiger partial charge on any atom is 0.573 e. The fraction of sp³-hybridized carbons (Fsp3) is 0.305. The molecule has 2 heterocycles. The van der Waals surface area contributed by atoms with Crippen LogP contribution in [-0.4, -0.2) is 24.4 Å². The Morgan fingerprint density at radius 1 is 0.436 bits per heavy atom. The number of fused-ring (bicyclic) bond motifs is 1. The van der Waals surface area contributed by atoms with Crippen molar-refractivity contribution >= 4 is 0 Å². The summed E-state index contributed by atoms with van der Waals surface area (Å²) in [5.41, 5.74) is 36.4. The van der Waals surface area contributed by atoms with Gasteiger partial charge in [-0.15, -0.1) is 13.2 Å². The minimum Gasteiger partial charge on any atom is -0.406 e. The highest BCUT2D eigenvalue weighted by atomic mass is 19.4. The lowest BCUT2D eigenvalue weighted by molar-refractivity contribution is -0.274. The predicted octanol–water partition coefficient (Wildman–Crippen LogP) is 12.8. The van der Waals surface area contributed by atoms with Crippen LogP contribution >= 0.6 is 0 Å². The first-order chi connectivity index (χ1) is 37.2. The van der Waals surface area contributed by atoms with Crippen molar-refractivity contribution < 1.29 is 48.6 Å². The molecule has 78 heavy (non-hydrogen) atoms. The average molecular weight is 1100 g/mol. The van der Waals surface area contributed by atoms with E-state index in [2.05, 4.69) is 51.4 Å². The summed E-state index contributed by atoms with van der Waals surface area (Å²) in [6.07, 6.45) is -3.33. The van der Waals surface area contributed by atoms with Gasteiger partial charge in [0, 0.05) is 51.7 Å². The average Bonchev–Trinajstić information content (AvgIpc) is 3.48. The number of rotatable bonds is 8. The molecule has 1 aliphatic carbocycles. The van der Waals surface area contributed by atoms with Gasteiger partial charge in [-0.25, -0.2) is 4.39 Å². The molecule has 2 atom stereocenters. The number of piperidine rings is 1. The topological polar surface area (TPSA) is 190 Å². The zero-order chi connectivity index (χ0) is 57.4. The van der Waals surface area contributed by atoms with Crippen LogP contribution in [0.1, 0.15) is 76.6 Å². The lowest BCUT2D eigenvalue weighted by Gasteiger charge is -2.35. The van der Waals surface area contributed by atoms with Crippen molar-refractivity contribution in [1.29, 1.82) is 0 Å². The first-order valence-electron chi connectivity index (χ1n) is 25.1. The zero-order valence-electron chi connectivity index (χ0n) is 43.2. The lowest BCUT2D eigenvalue weighted by atomic mass is 9.76. The molecule has 0 amide bonds. The second kappa shape index (κ2) is 34.9. The van der Waals surface area contributed by atoms with E-state index in [0.717, 1.165) is 28.5 Å². The van der Waals surface area contributed by atoms with Gasteiger partial charge in [-0.1, -0.05) is 128 Å². The van der Waals surface area contributed by atoms with Crippen molar-refractivity contribution in [2.24, 2.45) is 46.2 Å². The second-order valence-electron chi connectivity index (χ2n) is 17.7. The molecule has 1 saturated carbocycles. The second-order valence-corrected chi connectivity index (χ2v) is 17.7. The van der Waals surface area contributed by atoms with Crippen molar-refractivity contribution in [3.8, 4) is 16.9 Å². The number of halogens is 10. The fourth-order valence-electron chi connectivity index (χ4n) is 7.73. The van der Waals surface area contributed by atoms with Crippen LogP contribution in [0.4, 0.5) is 43.9 Å². The van der Waals surface area contributed by atoms with Crippen LogP contribution in [0.5, 0.6) is 5.75 Å². The Hall–Kier alpha value is -6.71. The zero-order valence-corrected chi connectivity index (χ0v) is 43.2. The molecular weight excluding hydrogens is 1030 g/mol. The van der Waals surface area contributed by atoms with Crippen molar-refractivity contribution in [1.82, 2.24) is 10.3 Å². The number of pyridine rings is 1. The van der Waals surface area contributed by atoms with Crippen LogP contribution in [0.2, 0.25) is 0 Å². The molecule has 1 aliphatic heterocycles. The first-order valence-corrected chi connectivity index (χ1v) is 25.1. The Morgan fingerprint density at radius 2 is 0.872 bits per heavy atom. The summed E-state index contributed by atoms with van der Waals surface area (Å²) < 4.78 is 125. The third-order valence-corrected chi connectivity index (χ3v) is 11.9. The van der Waals surface area contributed by atoms with Crippen LogP contribution in [-0.2, 0) is 51.6 Å². The Bertz CT molecular complexity index is 2560. The summed E-state index contributed by atoms with van der Waals surface area (Å²) in [6, 6.07) is 45.5. The maximum atomic E-state index is 12.3. The number of aromatic nitrogens is 1. The van der Waals surface area contributed by atoms with E-state index >= 15 is 0 Å². The molecule has 7 aromatic rings. The molecule has 0 radical (unpaired) electrons. The van der Waals surface area contributed by atoms with Gasteiger partial charge in [0.15, 0.2) is 0 Å². The third kappa shape index (κ3) is 26.6. The quantitative estimate of drug-likeness (QED) is 0.0726. The maximum absolute atomic E-state index is 12.3. The Balaban J connectivity index is 0.000000243. The molecule has 13 N–H and O–H groups in total. The monoisotopic (exact) mass is 1100 g/mol. The minimum atomic E-state index is -4.81. The number of hydrogen-bond donors (Lipinski definition) is 7. The Morgan fingerprint density at radius 3 is 1.29 bits per heavy atom. The minimum absolute atomic E-state index is 0.0686. The molecule has 2 unspecified atom stereocenters. The number of nitrogens with zero attached hydrogens (tertiary/aromatic N) is 1. The number of nitrogens with two attached hydrogens (primary N) is 6. The van der Waals surface area contributed by atoms with Crippen molar-refractivity contribution in [2.45, 2.75) is 90.1 Å². The van der Waals surface area contributed by atoms with Gasteiger partial charge in [0.25, 0.3) is 0 Å². The van der Waals surface area contributed by atoms with Crippen molar-refractivity contribution in [3.05, 3.63) is 227 Å². The summed E-state index contributed by atoms with van der Waals surface area (Å²) in [6.45, 7) is 4.75. The van der Waals surface area contributed by atoms with E-state index in [-0.39, 0.29) is 29.7 Å². The molecule has 19 heteroatoms. The number of benzene rings is 6. The molecule has 0 spiro atoms. The summed E-state index contributed by atoms with van der Waals surface area (Å²) in [4.78, 5) is 3.84. The molecule has 2 aliphatic rings. The van der Waals surface area contributed by atoms with E-state index in [1.807, 2.05) is 60.7 Å². The molecule has 1 aromatic heterocycles. The molecule has 6 aromatic carbocycles. The fourth-order valence-corrected chi connectivity index (χ4v) is 7.73. The molecule has 2 fully saturated rings. The van der Waals surface area contributed by atoms with Crippen LogP contribution in [0.3, 0.4) is 0 Å². The lowest BCUT2D eigenvalue weighted by Crippen LogP contribution is -2.38. The Kier molecular flexibility index (Phi) is 29.4. The number of alkyl halides is 9. The van der Waals surface area contributed by atoms with Gasteiger partial charge in [0.2, 0.25) is 0 Å². The molecule has 0 bridgehead atoms. The number of nitrogens with one attached hydrogen (secondary N) is 1. The number of hydrogen-bond acceptors (Lipinski definition) is 9. The molecule has 9 rings (SSSR count). The van der Waals surface area contributed by atoms with Crippen molar-refractivity contribution in [2.75, 3.05) is 13.1 Å². The van der Waals surface area contributed by atoms with E-state index in [1.54, 1.807) is 24.5 Å². The predicted molar refractivity (Wildman–Crippen MR) is 289 cm³/mol. The Labute approximate surface area is 450 Å². The van der Waals surface area contributed by atoms with Crippen molar-refractivity contribution in [3.63, 3.8) is 0 Å². The van der Waals surface area contributed by atoms with Gasteiger partial charge in [0.1, 0.15) is 11.6 Å². The van der Waals surface area contributed by atoms with Gasteiger partial charge in [-0.2, -0.15) is 26.3 Å². The third-order valence-electron chi connectivity index (χ3n) is 11.9. The largest absolute Gasteiger partial charge is 0.573 e. The van der Waals surface area contributed by atoms with E-state index in [1.165, 1.54) is 104 Å². The highest BCUT2D eigenvalue weighted by Crippen LogP contribution is 2.36. The van der Waals surface area contributed by atoms with Crippen LogP contribution in [0, 0.1) is 17.7 Å². The highest BCUT2D eigenvalue weighted by Gasteiger charge is 2.37. The molecular formula is C59H70F10N8O.